The maximum absolute atomic E-state index is 4.24. The first-order valence-electron chi connectivity index (χ1n) is 6.29. The van der Waals surface area contributed by atoms with Crippen LogP contribution in [-0.4, -0.2) is 31.6 Å². The van der Waals surface area contributed by atoms with Crippen LogP contribution >= 0.6 is 35.7 Å². The fraction of sp³-hybridized carbons (Fsp3) is 0.500. The molecule has 0 radical (unpaired) electrons. The Labute approximate surface area is 138 Å². The summed E-state index contributed by atoms with van der Waals surface area (Å²) in [6.45, 7) is 3.10. The molecular formula is C14H24IN3S. The normalized spacial score (nSPS) is 12.5. The Morgan fingerprint density at radius 1 is 1.32 bits per heavy atom. The molecule has 3 nitrogen and oxygen atoms in total. The lowest BCUT2D eigenvalue weighted by Gasteiger charge is -2.18. The van der Waals surface area contributed by atoms with Crippen LogP contribution in [0.1, 0.15) is 24.9 Å². The van der Waals surface area contributed by atoms with Gasteiger partial charge in [-0.3, -0.25) is 4.99 Å². The molecule has 0 saturated carbocycles. The third kappa shape index (κ3) is 7.67. The Kier molecular flexibility index (Phi) is 11.1. The number of benzene rings is 1. The van der Waals surface area contributed by atoms with Crippen molar-refractivity contribution in [3.8, 4) is 0 Å². The number of hydrogen-bond donors (Lipinski definition) is 2. The van der Waals surface area contributed by atoms with E-state index in [0.29, 0.717) is 0 Å². The van der Waals surface area contributed by atoms with E-state index in [1.807, 2.05) is 24.9 Å². The minimum absolute atomic E-state index is 0. The van der Waals surface area contributed by atoms with Crippen LogP contribution in [0, 0.1) is 0 Å². The molecule has 0 spiro atoms. The zero-order valence-corrected chi connectivity index (χ0v) is 15.0. The number of aliphatic imine (C=N–C) groups is 1. The van der Waals surface area contributed by atoms with E-state index < -0.39 is 0 Å². The van der Waals surface area contributed by atoms with E-state index in [9.17, 15) is 0 Å². The molecule has 1 rings (SSSR count). The van der Waals surface area contributed by atoms with Gasteiger partial charge < -0.3 is 10.6 Å². The van der Waals surface area contributed by atoms with Crippen molar-refractivity contribution >= 4 is 41.7 Å². The predicted molar refractivity (Wildman–Crippen MR) is 97.8 cm³/mol. The Balaban J connectivity index is 0.00000324. The van der Waals surface area contributed by atoms with Gasteiger partial charge in [0, 0.05) is 13.6 Å². The molecule has 0 aromatic heterocycles. The van der Waals surface area contributed by atoms with Gasteiger partial charge >= 0.3 is 0 Å². The van der Waals surface area contributed by atoms with Gasteiger partial charge in [-0.15, -0.1) is 24.0 Å². The maximum Gasteiger partial charge on any atom is 0.191 e. The van der Waals surface area contributed by atoms with Crippen LogP contribution in [0.25, 0.3) is 0 Å². The number of thioether (sulfide) groups is 1. The van der Waals surface area contributed by atoms with Gasteiger partial charge in [0.15, 0.2) is 5.96 Å². The van der Waals surface area contributed by atoms with Gasteiger partial charge in [0.25, 0.3) is 0 Å². The van der Waals surface area contributed by atoms with Crippen molar-refractivity contribution in [2.24, 2.45) is 4.99 Å². The summed E-state index contributed by atoms with van der Waals surface area (Å²) >= 11 is 1.87. The number of rotatable bonds is 6. The molecule has 0 bridgehead atoms. The van der Waals surface area contributed by atoms with Gasteiger partial charge in [0.2, 0.25) is 0 Å². The Morgan fingerprint density at radius 2 is 2.00 bits per heavy atom. The monoisotopic (exact) mass is 393 g/mol. The van der Waals surface area contributed by atoms with E-state index in [1.165, 1.54) is 11.3 Å². The van der Waals surface area contributed by atoms with Crippen LogP contribution in [0.3, 0.4) is 0 Å². The summed E-state index contributed by atoms with van der Waals surface area (Å²) in [5.41, 5.74) is 1.27. The third-order valence-corrected chi connectivity index (χ3v) is 3.39. The summed E-state index contributed by atoms with van der Waals surface area (Å²) in [5, 5.41) is 6.72. The lowest BCUT2D eigenvalue weighted by atomic mass is 10.1. The number of nitrogens with zero attached hydrogens (tertiary/aromatic N) is 1. The summed E-state index contributed by atoms with van der Waals surface area (Å²) in [7, 11) is 1.81. The van der Waals surface area contributed by atoms with Crippen LogP contribution in [-0.2, 0) is 0 Å². The minimum atomic E-state index is 0. The van der Waals surface area contributed by atoms with Gasteiger partial charge in [-0.25, -0.2) is 0 Å². The van der Waals surface area contributed by atoms with Crippen LogP contribution < -0.4 is 10.6 Å². The average molecular weight is 393 g/mol. The Hall–Kier alpha value is -0.430. The number of hydrogen-bond acceptors (Lipinski definition) is 2. The molecule has 0 heterocycles. The fourth-order valence-corrected chi connectivity index (χ4v) is 2.08. The number of guanidine groups is 1. The molecule has 1 aromatic carbocycles. The molecule has 0 saturated heterocycles. The molecule has 0 amide bonds. The number of halogens is 1. The van der Waals surface area contributed by atoms with Crippen LogP contribution in [0.15, 0.2) is 35.3 Å². The molecule has 1 atom stereocenters. The second kappa shape index (κ2) is 11.4. The van der Waals surface area contributed by atoms with Crippen molar-refractivity contribution in [3.63, 3.8) is 0 Å². The summed E-state index contributed by atoms with van der Waals surface area (Å²) in [5.74, 6) is 2.05. The quantitative estimate of drug-likeness (QED) is 0.337. The van der Waals surface area contributed by atoms with E-state index in [4.69, 9.17) is 0 Å². The van der Waals surface area contributed by atoms with E-state index in [1.54, 1.807) is 0 Å². The van der Waals surface area contributed by atoms with Crippen molar-refractivity contribution in [2.75, 3.05) is 25.6 Å². The average Bonchev–Trinajstić information content (AvgIpc) is 2.43. The SMILES string of the molecule is CN=C(NCCCSC)NC(C)c1ccccc1.I. The van der Waals surface area contributed by atoms with E-state index in [-0.39, 0.29) is 30.0 Å². The smallest absolute Gasteiger partial charge is 0.191 e. The van der Waals surface area contributed by atoms with Crippen LogP contribution in [0.5, 0.6) is 0 Å². The second-order valence-corrected chi connectivity index (χ2v) is 5.11. The zero-order valence-electron chi connectivity index (χ0n) is 11.8. The number of nitrogens with one attached hydrogen (secondary N) is 2. The largest absolute Gasteiger partial charge is 0.356 e. The highest BCUT2D eigenvalue weighted by atomic mass is 127. The van der Waals surface area contributed by atoms with E-state index in [0.717, 1.165) is 18.9 Å². The zero-order chi connectivity index (χ0) is 13.2. The van der Waals surface area contributed by atoms with Gasteiger partial charge in [-0.05, 0) is 30.9 Å². The van der Waals surface area contributed by atoms with Gasteiger partial charge in [0.05, 0.1) is 6.04 Å². The lowest BCUT2D eigenvalue weighted by Crippen LogP contribution is -2.39. The summed E-state index contributed by atoms with van der Waals surface area (Å²) in [6.07, 6.45) is 3.28. The molecule has 0 aliphatic rings. The third-order valence-electron chi connectivity index (χ3n) is 2.69. The van der Waals surface area contributed by atoms with Gasteiger partial charge in [-0.1, -0.05) is 30.3 Å². The molecule has 2 N–H and O–H groups in total. The highest BCUT2D eigenvalue weighted by Crippen LogP contribution is 2.10. The standard InChI is InChI=1S/C14H23N3S.HI/c1-12(13-8-5-4-6-9-13)17-14(15-2)16-10-7-11-18-3;/h4-6,8-9,12H,7,10-11H2,1-3H3,(H2,15,16,17);1H. The molecule has 0 aliphatic heterocycles. The fourth-order valence-electron chi connectivity index (χ4n) is 1.65. The van der Waals surface area contributed by atoms with Gasteiger partial charge in [-0.2, -0.15) is 11.8 Å². The molecule has 1 unspecified atom stereocenters. The highest BCUT2D eigenvalue weighted by Gasteiger charge is 2.06. The highest BCUT2D eigenvalue weighted by molar-refractivity contribution is 14.0. The minimum Gasteiger partial charge on any atom is -0.356 e. The first-order valence-corrected chi connectivity index (χ1v) is 7.68. The molecular weight excluding hydrogens is 369 g/mol. The summed E-state index contributed by atoms with van der Waals surface area (Å²) < 4.78 is 0. The first kappa shape index (κ1) is 18.6. The van der Waals surface area contributed by atoms with Crippen molar-refractivity contribution in [1.82, 2.24) is 10.6 Å². The van der Waals surface area contributed by atoms with Crippen molar-refractivity contribution < 1.29 is 0 Å². The summed E-state index contributed by atoms with van der Waals surface area (Å²) in [4.78, 5) is 4.24. The Bertz CT molecular complexity index is 357. The molecule has 0 aliphatic carbocycles. The summed E-state index contributed by atoms with van der Waals surface area (Å²) in [6, 6.07) is 10.7. The lowest BCUT2D eigenvalue weighted by molar-refractivity contribution is 0.682. The van der Waals surface area contributed by atoms with Gasteiger partial charge in [0.1, 0.15) is 0 Å². The second-order valence-electron chi connectivity index (χ2n) is 4.12. The molecule has 0 fully saturated rings. The topological polar surface area (TPSA) is 36.4 Å². The van der Waals surface area contributed by atoms with Crippen LogP contribution in [0.2, 0.25) is 0 Å². The van der Waals surface area contributed by atoms with E-state index in [2.05, 4.69) is 53.1 Å². The van der Waals surface area contributed by atoms with Crippen molar-refractivity contribution in [1.29, 1.82) is 0 Å². The molecule has 108 valence electrons. The molecule has 1 aromatic rings. The molecule has 5 heteroatoms. The van der Waals surface area contributed by atoms with Crippen molar-refractivity contribution in [2.45, 2.75) is 19.4 Å². The van der Waals surface area contributed by atoms with Crippen LogP contribution in [0.4, 0.5) is 0 Å². The first-order chi connectivity index (χ1) is 8.77. The maximum atomic E-state index is 4.24. The Morgan fingerprint density at radius 3 is 2.58 bits per heavy atom. The molecule has 19 heavy (non-hydrogen) atoms. The van der Waals surface area contributed by atoms with Crippen molar-refractivity contribution in [3.05, 3.63) is 35.9 Å². The van der Waals surface area contributed by atoms with E-state index >= 15 is 0 Å². The predicted octanol–water partition coefficient (Wildman–Crippen LogP) is 3.28.